The van der Waals surface area contributed by atoms with E-state index in [-0.39, 0.29) is 5.78 Å². The summed E-state index contributed by atoms with van der Waals surface area (Å²) in [7, 11) is 0. The molecular weight excluding hydrogens is 354 g/mol. The van der Waals surface area contributed by atoms with Crippen LogP contribution in [0.15, 0.2) is 40.9 Å². The number of Topliss-reactive ketones (excluding diaryl/α,β-unsaturated/α-hetero) is 1. The second-order valence-electron chi connectivity index (χ2n) is 7.54. The predicted molar refractivity (Wildman–Crippen MR) is 107 cm³/mol. The smallest absolute Gasteiger partial charge is 0.184 e. The van der Waals surface area contributed by atoms with Gasteiger partial charge in [-0.1, -0.05) is 41.9 Å². The molecule has 0 amide bonds. The molecule has 0 saturated carbocycles. The van der Waals surface area contributed by atoms with Crippen LogP contribution in [0.5, 0.6) is 0 Å². The number of unbranched alkanes of at least 4 members (excludes halogenated alkanes) is 2. The van der Waals surface area contributed by atoms with E-state index in [1.54, 1.807) is 6.07 Å². The molecular formula is C23H31NO4. The largest absolute Gasteiger partial charge is 0.381 e. The third-order valence-electron chi connectivity index (χ3n) is 5.31. The van der Waals surface area contributed by atoms with Crippen LogP contribution in [0.3, 0.4) is 0 Å². The topological polar surface area (TPSA) is 61.6 Å². The van der Waals surface area contributed by atoms with E-state index in [0.717, 1.165) is 51.7 Å². The first kappa shape index (κ1) is 20.7. The number of ether oxygens (including phenoxy) is 2. The molecule has 2 heterocycles. The van der Waals surface area contributed by atoms with E-state index >= 15 is 0 Å². The summed E-state index contributed by atoms with van der Waals surface area (Å²) in [6.07, 6.45) is 7.98. The van der Waals surface area contributed by atoms with Crippen LogP contribution in [-0.4, -0.2) is 30.8 Å². The molecule has 0 spiro atoms. The van der Waals surface area contributed by atoms with Gasteiger partial charge in [0.2, 0.25) is 0 Å². The second kappa shape index (κ2) is 11.8. The normalized spacial score (nSPS) is 15.0. The number of carbonyl (C=O) groups excluding carboxylic acids is 1. The molecule has 1 fully saturated rings. The van der Waals surface area contributed by atoms with Gasteiger partial charge in [0.25, 0.3) is 0 Å². The Hall–Kier alpha value is -1.98. The number of nitrogens with zero attached hydrogens (tertiary/aromatic N) is 1. The van der Waals surface area contributed by atoms with Gasteiger partial charge in [0.15, 0.2) is 11.5 Å². The molecule has 0 atom stereocenters. The van der Waals surface area contributed by atoms with Gasteiger partial charge in [-0.2, -0.15) is 0 Å². The fourth-order valence-electron chi connectivity index (χ4n) is 3.54. The Morgan fingerprint density at radius 2 is 1.93 bits per heavy atom. The van der Waals surface area contributed by atoms with E-state index in [9.17, 15) is 4.79 Å². The number of hydrogen-bond acceptors (Lipinski definition) is 5. The molecule has 1 saturated heterocycles. The number of hydrogen-bond donors (Lipinski definition) is 0. The highest BCUT2D eigenvalue weighted by Crippen LogP contribution is 2.21. The maximum Gasteiger partial charge on any atom is 0.184 e. The Labute approximate surface area is 167 Å². The quantitative estimate of drug-likeness (QED) is 0.380. The van der Waals surface area contributed by atoms with Crippen molar-refractivity contribution in [2.75, 3.05) is 19.8 Å². The molecule has 1 aliphatic rings. The van der Waals surface area contributed by atoms with Gasteiger partial charge in [-0.15, -0.1) is 0 Å². The number of benzene rings is 1. The van der Waals surface area contributed by atoms with Crippen molar-refractivity contribution in [3.63, 3.8) is 0 Å². The first-order chi connectivity index (χ1) is 13.8. The lowest BCUT2D eigenvalue weighted by Crippen LogP contribution is -2.16. The molecule has 1 aromatic carbocycles. The summed E-state index contributed by atoms with van der Waals surface area (Å²) >= 11 is 0. The molecule has 0 unspecified atom stereocenters. The predicted octanol–water partition coefficient (Wildman–Crippen LogP) is 4.99. The standard InChI is InChI=1S/C23H31NO4/c25-23(11-10-20-12-15-26-16-13-20)22-17-21(28-24-22)18-27-14-6-2-5-9-19-7-3-1-4-8-19/h1,3-4,7-8,17,20H,2,5-6,9-16,18H2. The zero-order chi connectivity index (χ0) is 19.4. The maximum absolute atomic E-state index is 12.3. The van der Waals surface area contributed by atoms with E-state index in [2.05, 4.69) is 29.4 Å². The number of ketones is 1. The first-order valence-electron chi connectivity index (χ1n) is 10.5. The average Bonchev–Trinajstić information content (AvgIpc) is 3.22. The van der Waals surface area contributed by atoms with Crippen molar-refractivity contribution < 1.29 is 18.8 Å². The van der Waals surface area contributed by atoms with Crippen molar-refractivity contribution in [2.45, 2.75) is 58.0 Å². The molecule has 1 aliphatic heterocycles. The van der Waals surface area contributed by atoms with Crippen molar-refractivity contribution in [2.24, 2.45) is 5.92 Å². The maximum atomic E-state index is 12.3. The lowest BCUT2D eigenvalue weighted by molar-refractivity contribution is 0.0618. The summed E-state index contributed by atoms with van der Waals surface area (Å²) < 4.78 is 16.3. The average molecular weight is 386 g/mol. The number of aryl methyl sites for hydroxylation is 1. The molecule has 5 heteroatoms. The summed E-state index contributed by atoms with van der Waals surface area (Å²) in [4.78, 5) is 12.3. The van der Waals surface area contributed by atoms with Crippen molar-refractivity contribution in [1.82, 2.24) is 5.16 Å². The molecule has 3 rings (SSSR count). The van der Waals surface area contributed by atoms with Gasteiger partial charge in [-0.05, 0) is 50.0 Å². The van der Waals surface area contributed by atoms with Crippen LogP contribution >= 0.6 is 0 Å². The van der Waals surface area contributed by atoms with Crippen LogP contribution in [0.25, 0.3) is 0 Å². The van der Waals surface area contributed by atoms with Crippen LogP contribution in [0, 0.1) is 5.92 Å². The first-order valence-corrected chi connectivity index (χ1v) is 10.5. The number of aromatic nitrogens is 1. The zero-order valence-electron chi connectivity index (χ0n) is 16.6. The van der Waals surface area contributed by atoms with E-state index in [0.29, 0.717) is 37.0 Å². The molecule has 5 nitrogen and oxygen atoms in total. The van der Waals surface area contributed by atoms with Gasteiger partial charge < -0.3 is 14.0 Å². The SMILES string of the molecule is O=C(CCC1CCOCC1)c1cc(COCCCCCc2ccccc2)on1. The van der Waals surface area contributed by atoms with Crippen LogP contribution in [0.4, 0.5) is 0 Å². The third kappa shape index (κ3) is 7.21. The second-order valence-corrected chi connectivity index (χ2v) is 7.54. The minimum Gasteiger partial charge on any atom is -0.381 e. The van der Waals surface area contributed by atoms with E-state index in [1.807, 2.05) is 6.07 Å². The summed E-state index contributed by atoms with van der Waals surface area (Å²) in [5.41, 5.74) is 1.81. The monoisotopic (exact) mass is 385 g/mol. The Balaban J connectivity index is 1.25. The van der Waals surface area contributed by atoms with Crippen molar-refractivity contribution in [3.8, 4) is 0 Å². The van der Waals surface area contributed by atoms with Crippen molar-refractivity contribution >= 4 is 5.78 Å². The molecule has 2 aromatic rings. The van der Waals surface area contributed by atoms with Gasteiger partial charge in [-0.25, -0.2) is 0 Å². The molecule has 152 valence electrons. The van der Waals surface area contributed by atoms with Crippen molar-refractivity contribution in [3.05, 3.63) is 53.4 Å². The molecule has 0 aliphatic carbocycles. The lowest BCUT2D eigenvalue weighted by Gasteiger charge is -2.21. The van der Waals surface area contributed by atoms with Gasteiger partial charge in [0.1, 0.15) is 12.3 Å². The Kier molecular flexibility index (Phi) is 8.72. The van der Waals surface area contributed by atoms with Crippen molar-refractivity contribution in [1.29, 1.82) is 0 Å². The number of carbonyl (C=O) groups is 1. The van der Waals surface area contributed by atoms with E-state index < -0.39 is 0 Å². The highest BCUT2D eigenvalue weighted by molar-refractivity contribution is 5.94. The fourth-order valence-corrected chi connectivity index (χ4v) is 3.54. The highest BCUT2D eigenvalue weighted by Gasteiger charge is 2.18. The molecule has 0 radical (unpaired) electrons. The zero-order valence-corrected chi connectivity index (χ0v) is 16.6. The third-order valence-corrected chi connectivity index (χ3v) is 5.31. The molecule has 0 bridgehead atoms. The van der Waals surface area contributed by atoms with Gasteiger partial charge in [-0.3, -0.25) is 4.79 Å². The van der Waals surface area contributed by atoms with E-state index in [1.165, 1.54) is 12.0 Å². The Morgan fingerprint density at radius 1 is 1.11 bits per heavy atom. The summed E-state index contributed by atoms with van der Waals surface area (Å²) in [6, 6.07) is 12.3. The van der Waals surface area contributed by atoms with Crippen LogP contribution in [0.2, 0.25) is 0 Å². The minimum atomic E-state index is 0.0578. The van der Waals surface area contributed by atoms with Gasteiger partial charge in [0, 0.05) is 32.3 Å². The lowest BCUT2D eigenvalue weighted by atomic mass is 9.93. The summed E-state index contributed by atoms with van der Waals surface area (Å²) in [5, 5.41) is 3.91. The highest BCUT2D eigenvalue weighted by atomic mass is 16.5. The van der Waals surface area contributed by atoms with Crippen LogP contribution in [0.1, 0.15) is 66.8 Å². The van der Waals surface area contributed by atoms with Gasteiger partial charge in [0.05, 0.1) is 0 Å². The van der Waals surface area contributed by atoms with E-state index in [4.69, 9.17) is 14.0 Å². The van der Waals surface area contributed by atoms with Gasteiger partial charge >= 0.3 is 0 Å². The molecule has 1 aromatic heterocycles. The fraction of sp³-hybridized carbons (Fsp3) is 0.565. The van der Waals surface area contributed by atoms with Crippen LogP contribution < -0.4 is 0 Å². The molecule has 0 N–H and O–H groups in total. The summed E-state index contributed by atoms with van der Waals surface area (Å²) in [6.45, 7) is 2.70. The summed E-state index contributed by atoms with van der Waals surface area (Å²) in [5.74, 6) is 1.27. The number of rotatable bonds is 12. The minimum absolute atomic E-state index is 0.0578. The Morgan fingerprint density at radius 3 is 2.75 bits per heavy atom. The Bertz CT molecular complexity index is 692. The van der Waals surface area contributed by atoms with Crippen LogP contribution in [-0.2, 0) is 22.5 Å². The molecule has 28 heavy (non-hydrogen) atoms.